The van der Waals surface area contributed by atoms with Gasteiger partial charge in [-0.05, 0) is 38.5 Å². The molecule has 0 saturated carbocycles. The van der Waals surface area contributed by atoms with Crippen molar-refractivity contribution < 1.29 is 91.3 Å². The fourth-order valence-electron chi connectivity index (χ4n) is 2.76. The molecule has 0 aliphatic heterocycles. The molecule has 1 N–H and O–H groups in total. The van der Waals surface area contributed by atoms with E-state index in [1.54, 1.807) is 0 Å². The number of aliphatic hydroxyl groups excluding tert-OH is 1. The zero-order valence-corrected chi connectivity index (χ0v) is 25.7. The molecular formula is C22H42Na2O7S. The Balaban J connectivity index is -0.000000501. The average molecular weight is 497 g/mol. The number of carbonyl (C=O) groups is 1. The van der Waals surface area contributed by atoms with Crippen LogP contribution in [0.5, 0.6) is 0 Å². The maximum Gasteiger partial charge on any atom is 1.00 e. The summed E-state index contributed by atoms with van der Waals surface area (Å²) in [6, 6.07) is 0. The van der Waals surface area contributed by atoms with Crippen molar-refractivity contribution in [2.45, 2.75) is 116 Å². The summed E-state index contributed by atoms with van der Waals surface area (Å²) < 4.78 is 39.2. The van der Waals surface area contributed by atoms with Gasteiger partial charge in [-0.3, -0.25) is 13.2 Å². The third-order valence-electron chi connectivity index (χ3n) is 4.48. The zero-order valence-electron chi connectivity index (χ0n) is 20.9. The van der Waals surface area contributed by atoms with Gasteiger partial charge in [0.1, 0.15) is 0 Å². The first-order valence-electron chi connectivity index (χ1n) is 11.4. The van der Waals surface area contributed by atoms with E-state index >= 15 is 0 Å². The number of rotatable bonds is 18. The second kappa shape index (κ2) is 30.1. The molecule has 0 saturated heterocycles. The number of ether oxygens (including phenoxy) is 1. The van der Waals surface area contributed by atoms with E-state index in [9.17, 15) is 9.90 Å². The fourth-order valence-corrected chi connectivity index (χ4v) is 2.76. The summed E-state index contributed by atoms with van der Waals surface area (Å²) in [7, 11) is -5.17. The smallest absolute Gasteiger partial charge is 0.759 e. The Morgan fingerprint density at radius 3 is 2.00 bits per heavy atom. The van der Waals surface area contributed by atoms with Crippen molar-refractivity contribution in [3.05, 3.63) is 12.2 Å². The van der Waals surface area contributed by atoms with Crippen LogP contribution in [0.3, 0.4) is 0 Å². The van der Waals surface area contributed by atoms with Gasteiger partial charge in [0.2, 0.25) is 0 Å². The monoisotopic (exact) mass is 496 g/mol. The number of hydrogen-bond donors (Lipinski definition) is 1. The van der Waals surface area contributed by atoms with E-state index in [-0.39, 0.29) is 71.2 Å². The number of carbonyl (C=O) groups excluding carboxylic acids is 1. The van der Waals surface area contributed by atoms with Crippen LogP contribution >= 0.6 is 0 Å². The van der Waals surface area contributed by atoms with Gasteiger partial charge in [-0.25, -0.2) is 0 Å². The van der Waals surface area contributed by atoms with Crippen LogP contribution in [0, 0.1) is 0 Å². The second-order valence-electron chi connectivity index (χ2n) is 7.50. The van der Waals surface area contributed by atoms with E-state index in [0.29, 0.717) is 13.0 Å². The zero-order chi connectivity index (χ0) is 23.1. The van der Waals surface area contributed by atoms with Gasteiger partial charge in [-0.2, -0.15) is 0 Å². The second-order valence-corrected chi connectivity index (χ2v) is 8.32. The van der Waals surface area contributed by atoms with E-state index in [4.69, 9.17) is 22.3 Å². The molecular weight excluding hydrogens is 454 g/mol. The van der Waals surface area contributed by atoms with E-state index < -0.39 is 10.4 Å². The van der Waals surface area contributed by atoms with E-state index in [1.165, 1.54) is 38.5 Å². The minimum absolute atomic E-state index is 0. The van der Waals surface area contributed by atoms with Gasteiger partial charge >= 0.3 is 65.1 Å². The van der Waals surface area contributed by atoms with Crippen molar-refractivity contribution in [1.82, 2.24) is 0 Å². The van der Waals surface area contributed by atoms with Gasteiger partial charge in [-0.15, -0.1) is 0 Å². The molecule has 0 aliphatic carbocycles. The molecule has 0 radical (unpaired) electrons. The first-order valence-corrected chi connectivity index (χ1v) is 12.7. The summed E-state index contributed by atoms with van der Waals surface area (Å²) in [4.78, 5) is 11.4. The molecule has 0 aliphatic rings. The third-order valence-corrected chi connectivity index (χ3v) is 4.48. The van der Waals surface area contributed by atoms with Crippen LogP contribution in [0.15, 0.2) is 12.2 Å². The summed E-state index contributed by atoms with van der Waals surface area (Å²) in [6.45, 7) is 4.89. The molecule has 180 valence electrons. The normalized spacial score (nSPS) is 11.7. The molecule has 1 unspecified atom stereocenters. The largest absolute Gasteiger partial charge is 1.00 e. The number of allylic oxidation sites excluding steroid dienone is 1. The molecule has 0 spiro atoms. The molecule has 1 atom stereocenters. The number of unbranched alkanes of at least 4 members (excludes halogenated alkanes) is 9. The van der Waals surface area contributed by atoms with Gasteiger partial charge in [-0.1, -0.05) is 77.4 Å². The van der Waals surface area contributed by atoms with Crippen molar-refractivity contribution >= 4 is 16.4 Å². The van der Waals surface area contributed by atoms with Crippen molar-refractivity contribution in [1.29, 1.82) is 0 Å². The first kappa shape index (κ1) is 40.2. The molecule has 32 heavy (non-hydrogen) atoms. The Morgan fingerprint density at radius 2 is 1.41 bits per heavy atom. The fraction of sp³-hybridized carbons (Fsp3) is 0.864. The minimum atomic E-state index is -5.17. The van der Waals surface area contributed by atoms with Crippen molar-refractivity contribution in [3.8, 4) is 0 Å². The predicted molar refractivity (Wildman–Crippen MR) is 117 cm³/mol. The van der Waals surface area contributed by atoms with Crippen LogP contribution in [-0.2, 0) is 19.9 Å². The molecule has 0 aromatic carbocycles. The maximum absolute atomic E-state index is 11.4. The molecule has 10 heteroatoms. The van der Waals surface area contributed by atoms with Gasteiger partial charge in [0.15, 0.2) is 0 Å². The first-order chi connectivity index (χ1) is 14.2. The van der Waals surface area contributed by atoms with Gasteiger partial charge < -0.3 is 18.9 Å². The topological polar surface area (TPSA) is 127 Å². The van der Waals surface area contributed by atoms with Gasteiger partial charge in [0, 0.05) is 16.8 Å². The maximum atomic E-state index is 11.4. The quantitative estimate of drug-likeness (QED) is 0.0645. The van der Waals surface area contributed by atoms with Crippen LogP contribution in [0.4, 0.5) is 0 Å². The Labute approximate surface area is 240 Å². The van der Waals surface area contributed by atoms with Crippen molar-refractivity contribution in [2.75, 3.05) is 6.61 Å². The molecule has 0 bridgehead atoms. The summed E-state index contributed by atoms with van der Waals surface area (Å²) >= 11 is 0. The molecule has 0 aromatic rings. The Morgan fingerprint density at radius 1 is 0.875 bits per heavy atom. The Hall–Kier alpha value is 1.04. The Kier molecular flexibility index (Phi) is 37.8. The van der Waals surface area contributed by atoms with Crippen molar-refractivity contribution in [3.63, 3.8) is 0 Å². The number of hydrogen-bond acceptors (Lipinski definition) is 7. The standard InChI is InChI=1S/C22H42O3.2Na.H2O4S/c1-3-5-7-14-17-21(23)18-15-12-10-8-9-11-13-16-19-22(24)25-20-6-4-2;;;1-5(2,3)4/h12,15,21,23H,3-11,13-14,16-20H2,1-2H3;;;(H2,1,2,3,4)/q;2*+1;/p-2/b15-12-;;;. The molecule has 7 nitrogen and oxygen atoms in total. The van der Waals surface area contributed by atoms with Crippen LogP contribution in [0.1, 0.15) is 110 Å². The molecule has 0 heterocycles. The average Bonchev–Trinajstić information content (AvgIpc) is 2.65. The molecule has 0 aromatic heterocycles. The van der Waals surface area contributed by atoms with E-state index in [1.807, 2.05) is 0 Å². The number of esters is 1. The summed E-state index contributed by atoms with van der Waals surface area (Å²) in [5.41, 5.74) is 0. The van der Waals surface area contributed by atoms with Crippen LogP contribution < -0.4 is 59.1 Å². The van der Waals surface area contributed by atoms with Crippen molar-refractivity contribution in [2.24, 2.45) is 0 Å². The number of aliphatic hydroxyl groups is 1. The molecule has 0 amide bonds. The van der Waals surface area contributed by atoms with Crippen LogP contribution in [0.25, 0.3) is 0 Å². The molecule has 0 rings (SSSR count). The third kappa shape index (κ3) is 44.7. The summed E-state index contributed by atoms with van der Waals surface area (Å²) in [5, 5.41) is 9.87. The summed E-state index contributed by atoms with van der Waals surface area (Å²) in [5.74, 6) is -0.0374. The van der Waals surface area contributed by atoms with Crippen LogP contribution in [-0.4, -0.2) is 41.3 Å². The van der Waals surface area contributed by atoms with Crippen LogP contribution in [0.2, 0.25) is 0 Å². The minimum Gasteiger partial charge on any atom is -0.759 e. The molecule has 0 fully saturated rings. The Bertz CT molecular complexity index is 506. The predicted octanol–water partition coefficient (Wildman–Crippen LogP) is -0.992. The SMILES string of the molecule is CCCCCCC(O)C/C=C\CCCCCCCC(=O)OCCCC.O=S(=O)([O-])[O-].[Na+].[Na+]. The van der Waals surface area contributed by atoms with Gasteiger partial charge in [0.05, 0.1) is 12.7 Å². The van der Waals surface area contributed by atoms with Gasteiger partial charge in [0.25, 0.3) is 0 Å². The van der Waals surface area contributed by atoms with E-state index in [2.05, 4.69) is 26.0 Å². The van der Waals surface area contributed by atoms with E-state index in [0.717, 1.165) is 51.4 Å². The summed E-state index contributed by atoms with van der Waals surface area (Å²) in [6.07, 6.45) is 20.2.